The second-order valence-electron chi connectivity index (χ2n) is 6.74. The van der Waals surface area contributed by atoms with Gasteiger partial charge in [0.05, 0.1) is 29.3 Å². The van der Waals surface area contributed by atoms with Gasteiger partial charge >= 0.3 is 12.4 Å². The number of rotatable bonds is 5. The molecule has 1 amide bonds. The zero-order chi connectivity index (χ0) is 23.0. The van der Waals surface area contributed by atoms with Gasteiger partial charge in [0, 0.05) is 31.6 Å². The first-order chi connectivity index (χ1) is 14.4. The fourth-order valence-electron chi connectivity index (χ4n) is 3.06. The maximum absolute atomic E-state index is 13.0. The highest BCUT2D eigenvalue weighted by Crippen LogP contribution is 2.36. The van der Waals surface area contributed by atoms with Crippen LogP contribution in [0.4, 0.5) is 26.3 Å². The molecule has 0 aliphatic rings. The molecule has 11 heteroatoms. The first-order valence-electron chi connectivity index (χ1n) is 8.97. The van der Waals surface area contributed by atoms with Crippen LogP contribution in [0, 0.1) is 0 Å². The molecule has 0 spiro atoms. The number of methoxy groups -OCH3 is 1. The van der Waals surface area contributed by atoms with Crippen molar-refractivity contribution in [3.8, 4) is 5.75 Å². The van der Waals surface area contributed by atoms with Gasteiger partial charge in [-0.1, -0.05) is 0 Å². The molecule has 0 radical (unpaired) electrons. The quantitative estimate of drug-likeness (QED) is 0.585. The highest BCUT2D eigenvalue weighted by Gasteiger charge is 2.37. The Kier molecular flexibility index (Phi) is 5.88. The van der Waals surface area contributed by atoms with Gasteiger partial charge in [0.2, 0.25) is 0 Å². The van der Waals surface area contributed by atoms with Crippen LogP contribution in [0.5, 0.6) is 5.75 Å². The van der Waals surface area contributed by atoms with Crippen LogP contribution in [0.2, 0.25) is 0 Å². The lowest BCUT2D eigenvalue weighted by molar-refractivity contribution is -0.143. The minimum absolute atomic E-state index is 0.0233. The minimum atomic E-state index is -5.02. The number of hydrogen-bond acceptors (Lipinski definition) is 3. The number of benzene rings is 2. The Morgan fingerprint density at radius 1 is 1.03 bits per heavy atom. The summed E-state index contributed by atoms with van der Waals surface area (Å²) in [6, 6.07) is 6.03. The van der Waals surface area contributed by atoms with E-state index in [9.17, 15) is 31.1 Å². The number of nitrogens with one attached hydrogen (secondary N) is 1. The SMILES string of the molecule is COc1ccc2c(c1)nc(CCNC(=O)c1cc(C(F)(F)F)cc(C(F)(F)F)c1)n2C. The number of aromatic nitrogens is 2. The van der Waals surface area contributed by atoms with Crippen LogP contribution in [-0.4, -0.2) is 29.1 Å². The van der Waals surface area contributed by atoms with E-state index in [1.54, 1.807) is 29.8 Å². The zero-order valence-electron chi connectivity index (χ0n) is 16.4. The Labute approximate surface area is 172 Å². The summed E-state index contributed by atoms with van der Waals surface area (Å²) < 4.78 is 84.6. The van der Waals surface area contributed by atoms with Gasteiger partial charge in [-0.25, -0.2) is 4.98 Å². The predicted octanol–water partition coefficient (Wildman–Crippen LogP) is 4.59. The molecule has 5 nitrogen and oxygen atoms in total. The van der Waals surface area contributed by atoms with Crippen molar-refractivity contribution >= 4 is 16.9 Å². The number of carbonyl (C=O) groups is 1. The lowest BCUT2D eigenvalue weighted by Gasteiger charge is -2.14. The van der Waals surface area contributed by atoms with Crippen molar-refractivity contribution < 1.29 is 35.9 Å². The van der Waals surface area contributed by atoms with Gasteiger partial charge < -0.3 is 14.6 Å². The van der Waals surface area contributed by atoms with Crippen molar-refractivity contribution in [2.24, 2.45) is 7.05 Å². The molecule has 166 valence electrons. The molecule has 0 unspecified atom stereocenters. The Balaban J connectivity index is 1.77. The Hall–Kier alpha value is -3.24. The van der Waals surface area contributed by atoms with Crippen LogP contribution >= 0.6 is 0 Å². The number of alkyl halides is 6. The van der Waals surface area contributed by atoms with Crippen molar-refractivity contribution in [1.29, 1.82) is 0 Å². The predicted molar refractivity (Wildman–Crippen MR) is 99.7 cm³/mol. The van der Waals surface area contributed by atoms with E-state index in [1.165, 1.54) is 7.11 Å². The van der Waals surface area contributed by atoms with E-state index < -0.39 is 35.0 Å². The summed E-state index contributed by atoms with van der Waals surface area (Å²) in [5.41, 5.74) is -2.36. The van der Waals surface area contributed by atoms with Crippen LogP contribution < -0.4 is 10.1 Å². The van der Waals surface area contributed by atoms with E-state index >= 15 is 0 Å². The van der Waals surface area contributed by atoms with Crippen molar-refractivity contribution in [2.75, 3.05) is 13.7 Å². The molecule has 1 N–H and O–H groups in total. The third-order valence-corrected chi connectivity index (χ3v) is 4.66. The number of amides is 1. The molecule has 0 aliphatic carbocycles. The molecule has 31 heavy (non-hydrogen) atoms. The van der Waals surface area contributed by atoms with Gasteiger partial charge in [0.25, 0.3) is 5.91 Å². The van der Waals surface area contributed by atoms with Crippen LogP contribution in [0.25, 0.3) is 11.0 Å². The maximum atomic E-state index is 13.0. The monoisotopic (exact) mass is 445 g/mol. The molecular weight excluding hydrogens is 428 g/mol. The molecule has 0 saturated heterocycles. The second kappa shape index (κ2) is 8.12. The molecule has 3 aromatic rings. The second-order valence-corrected chi connectivity index (χ2v) is 6.74. The van der Waals surface area contributed by atoms with Crippen molar-refractivity contribution in [2.45, 2.75) is 18.8 Å². The van der Waals surface area contributed by atoms with Crippen LogP contribution in [0.3, 0.4) is 0 Å². The third kappa shape index (κ3) is 4.92. The number of hydrogen-bond donors (Lipinski definition) is 1. The number of ether oxygens (including phenoxy) is 1. The van der Waals surface area contributed by atoms with Gasteiger partial charge in [-0.2, -0.15) is 26.3 Å². The average molecular weight is 445 g/mol. The number of carbonyl (C=O) groups excluding carboxylic acids is 1. The lowest BCUT2D eigenvalue weighted by Crippen LogP contribution is -2.27. The summed E-state index contributed by atoms with van der Waals surface area (Å²) in [4.78, 5) is 16.7. The summed E-state index contributed by atoms with van der Waals surface area (Å²) in [7, 11) is 3.26. The molecule has 1 heterocycles. The van der Waals surface area contributed by atoms with Crippen molar-refractivity contribution in [3.63, 3.8) is 0 Å². The highest BCUT2D eigenvalue weighted by molar-refractivity contribution is 5.94. The molecule has 1 aromatic heterocycles. The average Bonchev–Trinajstić information content (AvgIpc) is 3.01. The number of aryl methyl sites for hydroxylation is 1. The van der Waals surface area contributed by atoms with Crippen molar-refractivity contribution in [1.82, 2.24) is 14.9 Å². The number of nitrogens with zero attached hydrogens (tertiary/aromatic N) is 2. The summed E-state index contributed by atoms with van der Waals surface area (Å²) in [5.74, 6) is 0.135. The number of fused-ring (bicyclic) bond motifs is 1. The molecule has 0 bridgehead atoms. The summed E-state index contributed by atoms with van der Waals surface area (Å²) in [5, 5.41) is 2.35. The molecule has 0 atom stereocenters. The third-order valence-electron chi connectivity index (χ3n) is 4.66. The normalized spacial score (nSPS) is 12.3. The van der Waals surface area contributed by atoms with Gasteiger partial charge in [0.15, 0.2) is 0 Å². The summed E-state index contributed by atoms with van der Waals surface area (Å²) in [6.07, 6.45) is -9.83. The largest absolute Gasteiger partial charge is 0.497 e. The van der Waals surface area contributed by atoms with E-state index in [0.717, 1.165) is 5.52 Å². The van der Waals surface area contributed by atoms with Crippen LogP contribution in [0.1, 0.15) is 27.3 Å². The molecule has 3 rings (SSSR count). The van der Waals surface area contributed by atoms with Gasteiger partial charge in [-0.05, 0) is 30.3 Å². The van der Waals surface area contributed by atoms with E-state index in [4.69, 9.17) is 4.74 Å². The van der Waals surface area contributed by atoms with Crippen LogP contribution in [0.15, 0.2) is 36.4 Å². The van der Waals surface area contributed by atoms with E-state index in [1.807, 2.05) is 0 Å². The van der Waals surface area contributed by atoms with Crippen LogP contribution in [-0.2, 0) is 25.8 Å². The smallest absolute Gasteiger partial charge is 0.416 e. The molecular formula is C20H17F6N3O2. The summed E-state index contributed by atoms with van der Waals surface area (Å²) in [6.45, 7) is -0.0370. The zero-order valence-corrected chi connectivity index (χ0v) is 16.4. The molecule has 2 aromatic carbocycles. The Bertz CT molecular complexity index is 1090. The summed E-state index contributed by atoms with van der Waals surface area (Å²) >= 11 is 0. The lowest BCUT2D eigenvalue weighted by atomic mass is 10.0. The fourth-order valence-corrected chi connectivity index (χ4v) is 3.06. The number of halogens is 6. The van der Waals surface area contributed by atoms with E-state index in [0.29, 0.717) is 29.2 Å². The maximum Gasteiger partial charge on any atom is 0.416 e. The van der Waals surface area contributed by atoms with Gasteiger partial charge in [-0.15, -0.1) is 0 Å². The molecule has 0 aliphatic heterocycles. The fraction of sp³-hybridized carbons (Fsp3) is 0.300. The van der Waals surface area contributed by atoms with E-state index in [-0.39, 0.29) is 19.0 Å². The van der Waals surface area contributed by atoms with Gasteiger partial charge in [0.1, 0.15) is 11.6 Å². The van der Waals surface area contributed by atoms with Gasteiger partial charge in [-0.3, -0.25) is 4.79 Å². The Morgan fingerprint density at radius 3 is 2.19 bits per heavy atom. The van der Waals surface area contributed by atoms with E-state index in [2.05, 4.69) is 10.3 Å². The first kappa shape index (κ1) is 22.4. The van der Waals surface area contributed by atoms with Crippen molar-refractivity contribution in [3.05, 3.63) is 58.9 Å². The molecule has 0 fully saturated rings. The Morgan fingerprint density at radius 2 is 1.65 bits per heavy atom. The minimum Gasteiger partial charge on any atom is -0.497 e. The highest BCUT2D eigenvalue weighted by atomic mass is 19.4. The first-order valence-corrected chi connectivity index (χ1v) is 8.97. The standard InChI is InChI=1S/C20H17F6N3O2/c1-29-16-4-3-14(31-2)10-15(16)28-17(29)5-6-27-18(30)11-7-12(19(21,22)23)9-13(8-11)20(24,25)26/h3-4,7-10H,5-6H2,1-2H3,(H,27,30). The number of imidazole rings is 1. The topological polar surface area (TPSA) is 56.1 Å². The molecule has 0 saturated carbocycles.